The van der Waals surface area contributed by atoms with Crippen LogP contribution < -0.4 is 21.7 Å². The van der Waals surface area contributed by atoms with Gasteiger partial charge in [-0.2, -0.15) is 23.5 Å². The monoisotopic (exact) mass is 500 g/mol. The second-order valence-electron chi connectivity index (χ2n) is 7.28. The van der Waals surface area contributed by atoms with Gasteiger partial charge in [0.05, 0.1) is 12.6 Å². The summed E-state index contributed by atoms with van der Waals surface area (Å²) in [5, 5.41) is 26.2. The number of aromatic hydroxyl groups is 1. The van der Waals surface area contributed by atoms with Crippen LogP contribution in [0.2, 0.25) is 0 Å². The molecule has 0 aliphatic carbocycles. The van der Waals surface area contributed by atoms with Crippen molar-refractivity contribution in [2.45, 2.75) is 37.4 Å². The smallest absolute Gasteiger partial charge is 0.326 e. The molecule has 3 atom stereocenters. The van der Waals surface area contributed by atoms with Crippen LogP contribution in [0.4, 0.5) is 0 Å². The van der Waals surface area contributed by atoms with Crippen molar-refractivity contribution in [1.29, 1.82) is 0 Å². The highest BCUT2D eigenvalue weighted by atomic mass is 32.2. The van der Waals surface area contributed by atoms with Gasteiger partial charge in [0.15, 0.2) is 0 Å². The van der Waals surface area contributed by atoms with Gasteiger partial charge >= 0.3 is 5.97 Å². The van der Waals surface area contributed by atoms with E-state index in [0.29, 0.717) is 29.9 Å². The summed E-state index contributed by atoms with van der Waals surface area (Å²) in [7, 11) is 0. The molecule has 0 aromatic heterocycles. The number of rotatable bonds is 15. The number of nitrogens with two attached hydrogens (primary N) is 1. The predicted molar refractivity (Wildman–Crippen MR) is 130 cm³/mol. The quantitative estimate of drug-likeness (QED) is 0.193. The average Bonchev–Trinajstić information content (AvgIpc) is 2.79. The number of benzene rings is 1. The Bertz CT molecular complexity index is 793. The number of carbonyl (C=O) groups is 4. The van der Waals surface area contributed by atoms with Gasteiger partial charge in [-0.1, -0.05) is 12.1 Å². The van der Waals surface area contributed by atoms with Crippen LogP contribution in [0.1, 0.15) is 18.4 Å². The van der Waals surface area contributed by atoms with E-state index in [1.165, 1.54) is 23.9 Å². The summed E-state index contributed by atoms with van der Waals surface area (Å²) in [4.78, 5) is 48.6. The lowest BCUT2D eigenvalue weighted by Gasteiger charge is -2.21. The standard InChI is InChI=1S/C21H32N4O6S2/c1-32-9-7-15(22)19(28)25-16(8-10-33-2)20(29)23-12-18(27)24-17(21(30)31)11-13-3-5-14(26)6-4-13/h3-6,15-17,26H,7-12,22H2,1-2H3,(H,23,29)(H,24,27)(H,25,28)(H,30,31). The molecular formula is C21H32N4O6S2. The van der Waals surface area contributed by atoms with Crippen molar-refractivity contribution in [3.63, 3.8) is 0 Å². The first-order valence-corrected chi connectivity index (χ1v) is 13.1. The first kappa shape index (κ1) is 28.6. The fraction of sp³-hybridized carbons (Fsp3) is 0.524. The number of hydrogen-bond donors (Lipinski definition) is 6. The highest BCUT2D eigenvalue weighted by Crippen LogP contribution is 2.11. The van der Waals surface area contributed by atoms with Crippen LogP contribution >= 0.6 is 23.5 Å². The number of phenolic OH excluding ortho intramolecular Hbond substituents is 1. The molecule has 7 N–H and O–H groups in total. The minimum absolute atomic E-state index is 0.00956. The Labute approximate surface area is 201 Å². The Morgan fingerprint density at radius 2 is 1.55 bits per heavy atom. The molecule has 0 spiro atoms. The first-order valence-electron chi connectivity index (χ1n) is 10.3. The van der Waals surface area contributed by atoms with Gasteiger partial charge in [0.2, 0.25) is 17.7 Å². The SMILES string of the molecule is CSCCC(N)C(=O)NC(CCSC)C(=O)NCC(=O)NC(Cc1ccc(O)cc1)C(=O)O. The van der Waals surface area contributed by atoms with Crippen molar-refractivity contribution in [2.75, 3.05) is 30.6 Å². The maximum absolute atomic E-state index is 12.6. The maximum Gasteiger partial charge on any atom is 0.326 e. The number of carbonyl (C=O) groups excluding carboxylic acids is 3. The zero-order valence-electron chi connectivity index (χ0n) is 18.7. The number of phenols is 1. The van der Waals surface area contributed by atoms with Crippen LogP contribution in [0.15, 0.2) is 24.3 Å². The second kappa shape index (κ2) is 15.4. The number of thioether (sulfide) groups is 2. The minimum Gasteiger partial charge on any atom is -0.508 e. The molecule has 0 saturated heterocycles. The first-order chi connectivity index (χ1) is 15.7. The van der Waals surface area contributed by atoms with E-state index in [-0.39, 0.29) is 12.2 Å². The molecule has 10 nitrogen and oxygen atoms in total. The topological polar surface area (TPSA) is 171 Å². The van der Waals surface area contributed by atoms with Gasteiger partial charge in [0.1, 0.15) is 17.8 Å². The fourth-order valence-electron chi connectivity index (χ4n) is 2.76. The number of nitrogens with one attached hydrogen (secondary N) is 3. The van der Waals surface area contributed by atoms with Gasteiger partial charge in [-0.25, -0.2) is 4.79 Å². The highest BCUT2D eigenvalue weighted by Gasteiger charge is 2.25. The number of carboxylic acid groups (broad SMARTS) is 1. The Morgan fingerprint density at radius 3 is 2.12 bits per heavy atom. The van der Waals surface area contributed by atoms with E-state index in [2.05, 4.69) is 16.0 Å². The van der Waals surface area contributed by atoms with Crippen LogP contribution in [0.3, 0.4) is 0 Å². The molecule has 1 aromatic rings. The average molecular weight is 501 g/mol. The van der Waals surface area contributed by atoms with Gasteiger partial charge in [-0.05, 0) is 54.6 Å². The molecule has 0 aliphatic heterocycles. The van der Waals surface area contributed by atoms with Crippen molar-refractivity contribution in [2.24, 2.45) is 5.73 Å². The number of aliphatic carboxylic acids is 1. The molecule has 0 saturated carbocycles. The van der Waals surface area contributed by atoms with E-state index in [0.717, 1.165) is 0 Å². The van der Waals surface area contributed by atoms with E-state index in [9.17, 15) is 29.4 Å². The van der Waals surface area contributed by atoms with Crippen molar-refractivity contribution in [1.82, 2.24) is 16.0 Å². The van der Waals surface area contributed by atoms with E-state index < -0.39 is 48.4 Å². The predicted octanol–water partition coefficient (Wildman–Crippen LogP) is -0.0614. The molecule has 0 fully saturated rings. The molecule has 33 heavy (non-hydrogen) atoms. The maximum atomic E-state index is 12.6. The van der Waals surface area contributed by atoms with Crippen LogP contribution in [0.5, 0.6) is 5.75 Å². The fourth-order valence-corrected chi connectivity index (χ4v) is 3.72. The van der Waals surface area contributed by atoms with Gasteiger partial charge in [0, 0.05) is 6.42 Å². The normalized spacial score (nSPS) is 13.4. The van der Waals surface area contributed by atoms with Gasteiger partial charge in [-0.3, -0.25) is 14.4 Å². The lowest BCUT2D eigenvalue weighted by molar-refractivity contribution is -0.141. The summed E-state index contributed by atoms with van der Waals surface area (Å²) in [5.74, 6) is -1.52. The molecule has 3 unspecified atom stereocenters. The van der Waals surface area contributed by atoms with E-state index in [1.807, 2.05) is 12.5 Å². The molecule has 1 aromatic carbocycles. The minimum atomic E-state index is -1.23. The van der Waals surface area contributed by atoms with Gasteiger partial charge in [0.25, 0.3) is 0 Å². The largest absolute Gasteiger partial charge is 0.508 e. The second-order valence-corrected chi connectivity index (χ2v) is 9.25. The summed E-state index contributed by atoms with van der Waals surface area (Å²) in [6.45, 7) is -0.442. The summed E-state index contributed by atoms with van der Waals surface area (Å²) < 4.78 is 0. The molecule has 0 bridgehead atoms. The van der Waals surface area contributed by atoms with Crippen molar-refractivity contribution in [3.05, 3.63) is 29.8 Å². The molecule has 1 rings (SSSR count). The van der Waals surface area contributed by atoms with Crippen molar-refractivity contribution >= 4 is 47.2 Å². The van der Waals surface area contributed by atoms with Gasteiger partial charge in [-0.15, -0.1) is 0 Å². The molecule has 3 amide bonds. The van der Waals surface area contributed by atoms with Crippen LogP contribution in [-0.4, -0.2) is 82.6 Å². The van der Waals surface area contributed by atoms with E-state index >= 15 is 0 Å². The summed E-state index contributed by atoms with van der Waals surface area (Å²) >= 11 is 3.07. The van der Waals surface area contributed by atoms with Crippen LogP contribution in [0.25, 0.3) is 0 Å². The molecule has 0 heterocycles. The molecular weight excluding hydrogens is 468 g/mol. The third-order valence-corrected chi connectivity index (χ3v) is 5.93. The Hall–Kier alpha value is -2.44. The van der Waals surface area contributed by atoms with Crippen molar-refractivity contribution < 1.29 is 29.4 Å². The Morgan fingerprint density at radius 1 is 0.939 bits per heavy atom. The summed E-state index contributed by atoms with van der Waals surface area (Å²) in [6.07, 6.45) is 4.62. The number of carboxylic acids is 1. The molecule has 184 valence electrons. The number of hydrogen-bond acceptors (Lipinski definition) is 8. The zero-order chi connectivity index (χ0) is 24.8. The molecule has 0 radical (unpaired) electrons. The van der Waals surface area contributed by atoms with Gasteiger partial charge < -0.3 is 31.9 Å². The number of amides is 3. The van der Waals surface area contributed by atoms with E-state index in [4.69, 9.17) is 5.73 Å². The van der Waals surface area contributed by atoms with Crippen molar-refractivity contribution in [3.8, 4) is 5.75 Å². The molecule has 0 aliphatic rings. The third kappa shape index (κ3) is 11.3. The third-order valence-electron chi connectivity index (χ3n) is 4.65. The summed E-state index contributed by atoms with van der Waals surface area (Å²) in [5.41, 5.74) is 6.47. The highest BCUT2D eigenvalue weighted by molar-refractivity contribution is 7.98. The lowest BCUT2D eigenvalue weighted by atomic mass is 10.1. The van der Waals surface area contributed by atoms with Crippen LogP contribution in [0, 0.1) is 0 Å². The summed E-state index contributed by atoms with van der Waals surface area (Å²) in [6, 6.07) is 3.16. The van der Waals surface area contributed by atoms with E-state index in [1.54, 1.807) is 23.9 Å². The zero-order valence-corrected chi connectivity index (χ0v) is 20.3. The Kier molecular flexibility index (Phi) is 13.3. The van der Waals surface area contributed by atoms with Crippen LogP contribution in [-0.2, 0) is 25.6 Å². The Balaban J connectivity index is 2.64. The molecule has 12 heteroatoms. The lowest BCUT2D eigenvalue weighted by Crippen LogP contribution is -2.53.